The first kappa shape index (κ1) is 14.7. The Kier molecular flexibility index (Phi) is 3.69. The van der Waals surface area contributed by atoms with E-state index < -0.39 is 5.54 Å². The monoisotopic (exact) mass is 275 g/mol. The van der Waals surface area contributed by atoms with Crippen LogP contribution in [-0.4, -0.2) is 34.0 Å². The zero-order valence-electron chi connectivity index (χ0n) is 12.5. The van der Waals surface area contributed by atoms with Crippen molar-refractivity contribution < 1.29 is 14.7 Å². The number of benzene rings is 1. The Labute approximate surface area is 119 Å². The summed E-state index contributed by atoms with van der Waals surface area (Å²) in [4.78, 5) is 26.7. The summed E-state index contributed by atoms with van der Waals surface area (Å²) in [6.07, 6.45) is 1.09. The van der Waals surface area contributed by atoms with Gasteiger partial charge in [0.2, 0.25) is 0 Å². The van der Waals surface area contributed by atoms with Crippen LogP contribution in [0, 0.1) is 13.8 Å². The Morgan fingerprint density at radius 1 is 1.00 bits per heavy atom. The highest BCUT2D eigenvalue weighted by atomic mass is 16.3. The average molecular weight is 275 g/mol. The molecule has 0 bridgehead atoms. The van der Waals surface area contributed by atoms with Gasteiger partial charge in [0.1, 0.15) is 0 Å². The van der Waals surface area contributed by atoms with Gasteiger partial charge < -0.3 is 5.11 Å². The number of aliphatic hydroxyl groups excluding tert-OH is 1. The Balaban J connectivity index is 2.64. The molecule has 1 heterocycles. The van der Waals surface area contributed by atoms with Gasteiger partial charge in [-0.25, -0.2) is 0 Å². The van der Waals surface area contributed by atoms with Gasteiger partial charge in [0.15, 0.2) is 0 Å². The molecule has 2 amide bonds. The molecule has 4 heteroatoms. The number of hydrogen-bond acceptors (Lipinski definition) is 3. The number of hydrogen-bond donors (Lipinski definition) is 1. The first-order chi connectivity index (χ1) is 9.43. The van der Waals surface area contributed by atoms with Crippen molar-refractivity contribution in [2.45, 2.75) is 46.1 Å². The number of amides is 2. The normalized spacial score (nSPS) is 14.9. The quantitative estimate of drug-likeness (QED) is 0.859. The Morgan fingerprint density at radius 2 is 1.40 bits per heavy atom. The number of carbonyl (C=O) groups is 2. The molecule has 1 N–H and O–H groups in total. The number of aliphatic hydroxyl groups is 1. The molecule has 0 radical (unpaired) electrons. The Bertz CT molecular complexity index is 524. The molecule has 0 unspecified atom stereocenters. The van der Waals surface area contributed by atoms with E-state index in [0.29, 0.717) is 24.0 Å². The maximum atomic E-state index is 12.7. The third-order valence-corrected chi connectivity index (χ3v) is 4.54. The summed E-state index contributed by atoms with van der Waals surface area (Å²) in [7, 11) is 0. The first-order valence-electron chi connectivity index (χ1n) is 7.03. The lowest BCUT2D eigenvalue weighted by Crippen LogP contribution is -2.53. The van der Waals surface area contributed by atoms with Crippen LogP contribution < -0.4 is 0 Å². The number of carbonyl (C=O) groups excluding carboxylic acids is 2. The van der Waals surface area contributed by atoms with Crippen molar-refractivity contribution in [2.75, 3.05) is 6.61 Å². The molecule has 1 aromatic carbocycles. The topological polar surface area (TPSA) is 57.6 Å². The third-order valence-electron chi connectivity index (χ3n) is 4.54. The smallest absolute Gasteiger partial charge is 0.262 e. The number of aryl methyl sites for hydroxylation is 2. The molecule has 1 aromatic rings. The van der Waals surface area contributed by atoms with E-state index in [4.69, 9.17) is 0 Å². The average Bonchev–Trinajstić information content (AvgIpc) is 2.72. The molecule has 0 aromatic heterocycles. The van der Waals surface area contributed by atoms with Crippen LogP contribution in [0.25, 0.3) is 0 Å². The minimum atomic E-state index is -0.800. The summed E-state index contributed by atoms with van der Waals surface area (Å²) in [5.74, 6) is -0.548. The molecule has 4 nitrogen and oxygen atoms in total. The zero-order valence-corrected chi connectivity index (χ0v) is 12.5. The molecule has 0 saturated heterocycles. The molecular weight excluding hydrogens is 254 g/mol. The predicted octanol–water partition coefficient (Wildman–Crippen LogP) is 2.45. The molecule has 0 atom stereocenters. The van der Waals surface area contributed by atoms with Gasteiger partial charge in [-0.05, 0) is 37.8 Å². The Hall–Kier alpha value is -1.68. The van der Waals surface area contributed by atoms with Crippen molar-refractivity contribution in [2.24, 2.45) is 0 Å². The fraction of sp³-hybridized carbons (Fsp3) is 0.500. The van der Waals surface area contributed by atoms with Crippen LogP contribution in [0.15, 0.2) is 12.1 Å². The van der Waals surface area contributed by atoms with Crippen molar-refractivity contribution >= 4 is 11.8 Å². The molecule has 20 heavy (non-hydrogen) atoms. The van der Waals surface area contributed by atoms with Crippen LogP contribution >= 0.6 is 0 Å². The lowest BCUT2D eigenvalue weighted by atomic mass is 9.91. The van der Waals surface area contributed by atoms with E-state index in [9.17, 15) is 14.7 Å². The van der Waals surface area contributed by atoms with Gasteiger partial charge in [0.25, 0.3) is 11.8 Å². The summed E-state index contributed by atoms with van der Waals surface area (Å²) in [5.41, 5.74) is 1.81. The lowest BCUT2D eigenvalue weighted by Gasteiger charge is -2.37. The first-order valence-corrected chi connectivity index (χ1v) is 7.03. The van der Waals surface area contributed by atoms with Gasteiger partial charge >= 0.3 is 0 Å². The van der Waals surface area contributed by atoms with Crippen LogP contribution in [0.3, 0.4) is 0 Å². The molecule has 108 valence electrons. The second kappa shape index (κ2) is 5.02. The molecule has 0 saturated carbocycles. The summed E-state index contributed by atoms with van der Waals surface area (Å²) in [5, 5.41) is 9.74. The summed E-state index contributed by atoms with van der Waals surface area (Å²) in [6.45, 7) is 7.26. The van der Waals surface area contributed by atoms with Crippen molar-refractivity contribution in [3.05, 3.63) is 34.4 Å². The van der Waals surface area contributed by atoms with Gasteiger partial charge in [0.05, 0.1) is 23.3 Å². The second-order valence-corrected chi connectivity index (χ2v) is 5.48. The van der Waals surface area contributed by atoms with E-state index in [1.807, 2.05) is 39.8 Å². The minimum Gasteiger partial charge on any atom is -0.394 e. The third kappa shape index (κ3) is 1.79. The van der Waals surface area contributed by atoms with Crippen molar-refractivity contribution in [1.29, 1.82) is 0 Å². The van der Waals surface area contributed by atoms with Crippen LogP contribution in [0.5, 0.6) is 0 Å². The van der Waals surface area contributed by atoms with E-state index in [1.165, 1.54) is 4.90 Å². The minimum absolute atomic E-state index is 0.205. The van der Waals surface area contributed by atoms with Gasteiger partial charge in [-0.1, -0.05) is 26.0 Å². The number of imide groups is 1. The fourth-order valence-electron chi connectivity index (χ4n) is 2.97. The van der Waals surface area contributed by atoms with Crippen LogP contribution in [0.2, 0.25) is 0 Å². The number of rotatable bonds is 4. The molecule has 2 rings (SSSR count). The number of fused-ring (bicyclic) bond motifs is 1. The second-order valence-electron chi connectivity index (χ2n) is 5.48. The van der Waals surface area contributed by atoms with Crippen LogP contribution in [-0.2, 0) is 0 Å². The largest absolute Gasteiger partial charge is 0.394 e. The van der Waals surface area contributed by atoms with Crippen molar-refractivity contribution in [3.63, 3.8) is 0 Å². The van der Waals surface area contributed by atoms with Crippen molar-refractivity contribution in [1.82, 2.24) is 4.90 Å². The summed E-state index contributed by atoms with van der Waals surface area (Å²) in [6, 6.07) is 3.72. The van der Waals surface area contributed by atoms with Crippen molar-refractivity contribution in [3.8, 4) is 0 Å². The standard InChI is InChI=1S/C16H21NO3/c1-5-16(6-2,9-18)17-14(19)12-10(3)7-8-11(4)13(12)15(17)20/h7-8,18H,5-6,9H2,1-4H3. The molecule has 0 spiro atoms. The van der Waals surface area contributed by atoms with Gasteiger partial charge in [-0.3, -0.25) is 14.5 Å². The maximum absolute atomic E-state index is 12.7. The maximum Gasteiger partial charge on any atom is 0.262 e. The molecular formula is C16H21NO3. The lowest BCUT2D eigenvalue weighted by molar-refractivity contribution is 0.0220. The zero-order chi connectivity index (χ0) is 15.1. The summed E-state index contributed by atoms with van der Waals surface area (Å²) < 4.78 is 0. The van der Waals surface area contributed by atoms with Gasteiger partial charge in [-0.15, -0.1) is 0 Å². The SMILES string of the molecule is CCC(CC)(CO)N1C(=O)c2c(C)ccc(C)c2C1=O. The van der Waals surface area contributed by atoms with E-state index in [2.05, 4.69) is 0 Å². The molecule has 1 aliphatic heterocycles. The Morgan fingerprint density at radius 3 is 1.70 bits per heavy atom. The molecule has 0 fully saturated rings. The van der Waals surface area contributed by atoms with E-state index in [1.54, 1.807) is 0 Å². The highest BCUT2D eigenvalue weighted by molar-refractivity contribution is 6.23. The summed E-state index contributed by atoms with van der Waals surface area (Å²) >= 11 is 0. The van der Waals surface area contributed by atoms with Crippen LogP contribution in [0.1, 0.15) is 58.5 Å². The van der Waals surface area contributed by atoms with E-state index in [0.717, 1.165) is 11.1 Å². The predicted molar refractivity (Wildman–Crippen MR) is 76.8 cm³/mol. The van der Waals surface area contributed by atoms with Gasteiger partial charge in [-0.2, -0.15) is 0 Å². The van der Waals surface area contributed by atoms with Gasteiger partial charge in [0, 0.05) is 0 Å². The highest BCUT2D eigenvalue weighted by Gasteiger charge is 2.48. The van der Waals surface area contributed by atoms with E-state index in [-0.39, 0.29) is 18.4 Å². The number of nitrogens with zero attached hydrogens (tertiary/aromatic N) is 1. The molecule has 0 aliphatic carbocycles. The molecule has 1 aliphatic rings. The van der Waals surface area contributed by atoms with Crippen LogP contribution in [0.4, 0.5) is 0 Å². The van der Waals surface area contributed by atoms with E-state index >= 15 is 0 Å². The fourth-order valence-corrected chi connectivity index (χ4v) is 2.97. The highest BCUT2D eigenvalue weighted by Crippen LogP contribution is 2.36.